The number of rotatable bonds is 8. The number of ether oxygens (including phenoxy) is 1. The van der Waals surface area contributed by atoms with Gasteiger partial charge in [-0.25, -0.2) is 0 Å². The Balaban J connectivity index is 1.21. The molecule has 0 unspecified atom stereocenters. The predicted octanol–water partition coefficient (Wildman–Crippen LogP) is 7.65. The lowest BCUT2D eigenvalue weighted by molar-refractivity contribution is 0.0967. The average molecular weight is 506 g/mol. The van der Waals surface area contributed by atoms with E-state index in [1.54, 1.807) is 23.1 Å². The summed E-state index contributed by atoms with van der Waals surface area (Å²) >= 11 is 3.40. The van der Waals surface area contributed by atoms with Crippen molar-refractivity contribution in [2.75, 3.05) is 19.9 Å². The molecule has 35 heavy (non-hydrogen) atoms. The fourth-order valence-electron chi connectivity index (χ4n) is 5.79. The first-order chi connectivity index (χ1) is 17.0. The van der Waals surface area contributed by atoms with Crippen LogP contribution in [0.2, 0.25) is 0 Å². The van der Waals surface area contributed by atoms with Crippen LogP contribution in [0.25, 0.3) is 11.1 Å². The van der Waals surface area contributed by atoms with E-state index in [1.165, 1.54) is 44.9 Å². The van der Waals surface area contributed by atoms with Gasteiger partial charge in [-0.15, -0.1) is 23.1 Å². The molecule has 1 N–H and O–H groups in total. The lowest BCUT2D eigenvalue weighted by Gasteiger charge is -2.36. The number of hydrogen-bond donors (Lipinski definition) is 1. The molecule has 1 spiro atoms. The second-order valence-corrected chi connectivity index (χ2v) is 12.3. The van der Waals surface area contributed by atoms with Crippen LogP contribution in [-0.2, 0) is 12.0 Å². The summed E-state index contributed by atoms with van der Waals surface area (Å²) in [4.78, 5) is 14.1. The molecule has 5 heteroatoms. The molecule has 0 atom stereocenters. The number of aryl methyl sites for hydroxylation is 1. The Labute approximate surface area is 217 Å². The number of thioether (sulfide) groups is 1. The third kappa shape index (κ3) is 5.09. The van der Waals surface area contributed by atoms with Gasteiger partial charge < -0.3 is 10.1 Å². The maximum absolute atomic E-state index is 13.2. The van der Waals surface area contributed by atoms with E-state index in [2.05, 4.69) is 67.0 Å². The van der Waals surface area contributed by atoms with Gasteiger partial charge in [-0.05, 0) is 81.5 Å². The van der Waals surface area contributed by atoms with Crippen molar-refractivity contribution in [3.05, 3.63) is 70.1 Å². The van der Waals surface area contributed by atoms with Gasteiger partial charge in [0, 0.05) is 29.5 Å². The van der Waals surface area contributed by atoms with Crippen molar-refractivity contribution in [2.45, 2.75) is 61.6 Å². The molecule has 2 aliphatic rings. The zero-order chi connectivity index (χ0) is 24.4. The monoisotopic (exact) mass is 505 g/mol. The standard InChI is InChI=1S/C30H35NO2S2/c1-20-5-4-6-23(15-20)24-17-28(35-29(24)34-3)26(32)9-7-21-11-13-30(14-12-21)19-33-27-10-8-22(18-31-2)16-25(27)30/h4-6,8,10,15-17,21,31H,7,9,11-14,18-19H2,1-3H3. The van der Waals surface area contributed by atoms with E-state index in [1.807, 2.05) is 7.05 Å². The molecular formula is C30H35NO2S2. The summed E-state index contributed by atoms with van der Waals surface area (Å²) in [5.41, 5.74) is 6.56. The fraction of sp³-hybridized carbons (Fsp3) is 0.433. The zero-order valence-electron chi connectivity index (χ0n) is 21.0. The van der Waals surface area contributed by atoms with E-state index in [-0.39, 0.29) is 5.41 Å². The van der Waals surface area contributed by atoms with E-state index in [9.17, 15) is 4.79 Å². The van der Waals surface area contributed by atoms with Crippen LogP contribution in [-0.4, -0.2) is 25.7 Å². The van der Waals surface area contributed by atoms with Crippen molar-refractivity contribution in [3.8, 4) is 16.9 Å². The average Bonchev–Trinajstić information content (AvgIpc) is 3.46. The Morgan fingerprint density at radius 1 is 1.17 bits per heavy atom. The first kappa shape index (κ1) is 24.6. The first-order valence-corrected chi connectivity index (χ1v) is 14.7. The van der Waals surface area contributed by atoms with E-state index < -0.39 is 0 Å². The number of carbonyl (C=O) groups is 1. The molecule has 1 saturated carbocycles. The molecule has 0 radical (unpaired) electrons. The number of nitrogens with one attached hydrogen (secondary N) is 1. The molecule has 184 valence electrons. The highest BCUT2D eigenvalue weighted by Crippen LogP contribution is 2.50. The van der Waals surface area contributed by atoms with Crippen LogP contribution in [0.4, 0.5) is 0 Å². The van der Waals surface area contributed by atoms with Gasteiger partial charge in [0.2, 0.25) is 0 Å². The van der Waals surface area contributed by atoms with Gasteiger partial charge in [0.15, 0.2) is 5.78 Å². The van der Waals surface area contributed by atoms with E-state index >= 15 is 0 Å². The van der Waals surface area contributed by atoms with Crippen molar-refractivity contribution in [2.24, 2.45) is 5.92 Å². The molecule has 5 rings (SSSR count). The topological polar surface area (TPSA) is 38.3 Å². The molecule has 0 amide bonds. The number of fused-ring (bicyclic) bond motifs is 2. The van der Waals surface area contributed by atoms with Gasteiger partial charge in [-0.1, -0.05) is 42.0 Å². The number of carbonyl (C=O) groups excluding carboxylic acids is 1. The summed E-state index contributed by atoms with van der Waals surface area (Å²) in [6.07, 6.45) is 8.43. The Bertz CT molecular complexity index is 1210. The highest BCUT2D eigenvalue weighted by atomic mass is 32.2. The van der Waals surface area contributed by atoms with Crippen molar-refractivity contribution in [1.29, 1.82) is 0 Å². The predicted molar refractivity (Wildman–Crippen MR) is 148 cm³/mol. The van der Waals surface area contributed by atoms with E-state index in [0.717, 1.165) is 43.0 Å². The van der Waals surface area contributed by atoms with Gasteiger partial charge in [0.05, 0.1) is 15.7 Å². The Morgan fingerprint density at radius 2 is 2.00 bits per heavy atom. The summed E-state index contributed by atoms with van der Waals surface area (Å²) in [6.45, 7) is 3.82. The summed E-state index contributed by atoms with van der Waals surface area (Å²) in [6, 6.07) is 17.4. The van der Waals surface area contributed by atoms with Crippen molar-refractivity contribution in [3.63, 3.8) is 0 Å². The third-order valence-corrected chi connectivity index (χ3v) is 10.1. The van der Waals surface area contributed by atoms with Crippen LogP contribution in [0.15, 0.2) is 52.7 Å². The second kappa shape index (κ2) is 10.5. The van der Waals surface area contributed by atoms with Crippen molar-refractivity contribution < 1.29 is 9.53 Å². The molecular weight excluding hydrogens is 470 g/mol. The van der Waals surface area contributed by atoms with Crippen LogP contribution in [0.3, 0.4) is 0 Å². The number of ketones is 1. The largest absolute Gasteiger partial charge is 0.492 e. The van der Waals surface area contributed by atoms with Gasteiger partial charge >= 0.3 is 0 Å². The van der Waals surface area contributed by atoms with Crippen LogP contribution < -0.4 is 10.1 Å². The van der Waals surface area contributed by atoms with Gasteiger partial charge in [0.25, 0.3) is 0 Å². The second-order valence-electron chi connectivity index (χ2n) is 10.2. The van der Waals surface area contributed by atoms with Gasteiger partial charge in [-0.3, -0.25) is 4.79 Å². The molecule has 1 fully saturated rings. The quantitative estimate of drug-likeness (QED) is 0.252. The molecule has 2 aromatic carbocycles. The minimum absolute atomic E-state index is 0.170. The molecule has 1 aliphatic carbocycles. The molecule has 0 saturated heterocycles. The number of hydrogen-bond acceptors (Lipinski definition) is 5. The summed E-state index contributed by atoms with van der Waals surface area (Å²) in [5.74, 6) is 2.01. The lowest BCUT2D eigenvalue weighted by atomic mass is 9.67. The van der Waals surface area contributed by atoms with Crippen LogP contribution in [0.1, 0.15) is 64.9 Å². The number of Topliss-reactive ketones (excluding diaryl/α,β-unsaturated/α-hetero) is 1. The Kier molecular flexibility index (Phi) is 7.38. The summed E-state index contributed by atoms with van der Waals surface area (Å²) in [5, 5.41) is 3.26. The maximum atomic E-state index is 13.2. The normalized spacial score (nSPS) is 21.2. The lowest BCUT2D eigenvalue weighted by Crippen LogP contribution is -2.33. The molecule has 1 aliphatic heterocycles. The summed E-state index contributed by atoms with van der Waals surface area (Å²) < 4.78 is 7.34. The fourth-order valence-corrected chi connectivity index (χ4v) is 7.67. The van der Waals surface area contributed by atoms with Crippen molar-refractivity contribution >= 4 is 28.9 Å². The smallest absolute Gasteiger partial charge is 0.172 e. The maximum Gasteiger partial charge on any atom is 0.172 e. The van der Waals surface area contributed by atoms with Gasteiger partial charge in [-0.2, -0.15) is 0 Å². The highest BCUT2D eigenvalue weighted by Gasteiger charge is 2.43. The number of benzene rings is 2. The minimum Gasteiger partial charge on any atom is -0.492 e. The number of thiophene rings is 1. The van der Waals surface area contributed by atoms with Crippen LogP contribution in [0.5, 0.6) is 5.75 Å². The molecule has 3 nitrogen and oxygen atoms in total. The molecule has 0 bridgehead atoms. The molecule has 1 aromatic heterocycles. The molecule has 2 heterocycles. The zero-order valence-corrected chi connectivity index (χ0v) is 22.6. The Morgan fingerprint density at radius 3 is 2.74 bits per heavy atom. The minimum atomic E-state index is 0.170. The van der Waals surface area contributed by atoms with Crippen LogP contribution in [0, 0.1) is 12.8 Å². The molecule has 3 aromatic rings. The van der Waals surface area contributed by atoms with E-state index in [0.29, 0.717) is 18.1 Å². The van der Waals surface area contributed by atoms with E-state index in [4.69, 9.17) is 4.74 Å². The highest BCUT2D eigenvalue weighted by molar-refractivity contribution is 8.00. The van der Waals surface area contributed by atoms with Crippen LogP contribution >= 0.6 is 23.1 Å². The summed E-state index contributed by atoms with van der Waals surface area (Å²) in [7, 11) is 1.99. The third-order valence-electron chi connectivity index (χ3n) is 7.83. The Hall–Kier alpha value is -2.08. The SMILES string of the molecule is CNCc1ccc2c(c1)C1(CCC(CCC(=O)c3cc(-c4cccc(C)c4)c(SC)s3)CC1)CO2. The first-order valence-electron chi connectivity index (χ1n) is 12.7. The van der Waals surface area contributed by atoms with Crippen molar-refractivity contribution in [1.82, 2.24) is 5.32 Å². The van der Waals surface area contributed by atoms with Gasteiger partial charge in [0.1, 0.15) is 5.75 Å².